The van der Waals surface area contributed by atoms with E-state index in [1.54, 1.807) is 11.1 Å². The van der Waals surface area contributed by atoms with Crippen LogP contribution in [0, 0.1) is 11.3 Å². The number of carbonyl (C=O) groups excluding carboxylic acids is 1. The molecule has 1 fully saturated rings. The molecule has 1 amide bonds. The van der Waals surface area contributed by atoms with E-state index in [1.807, 2.05) is 49.4 Å². The van der Waals surface area contributed by atoms with Gasteiger partial charge in [-0.25, -0.2) is 0 Å². The van der Waals surface area contributed by atoms with Crippen molar-refractivity contribution in [2.24, 2.45) is 0 Å². The van der Waals surface area contributed by atoms with E-state index in [2.05, 4.69) is 64.8 Å². The molecule has 1 unspecified atom stereocenters. The van der Waals surface area contributed by atoms with E-state index in [9.17, 15) is 10.1 Å². The van der Waals surface area contributed by atoms with E-state index in [0.29, 0.717) is 13.1 Å². The van der Waals surface area contributed by atoms with E-state index in [4.69, 9.17) is 0 Å². The fourth-order valence-electron chi connectivity index (χ4n) is 4.43. The summed E-state index contributed by atoms with van der Waals surface area (Å²) in [4.78, 5) is 17.3. The van der Waals surface area contributed by atoms with Crippen LogP contribution in [-0.2, 0) is 4.79 Å². The lowest BCUT2D eigenvalue weighted by atomic mass is 9.96. The summed E-state index contributed by atoms with van der Waals surface area (Å²) in [5, 5.41) is 12.8. The topological polar surface area (TPSA) is 59.4 Å². The Bertz CT molecular complexity index is 1090. The average molecular weight is 451 g/mol. The van der Waals surface area contributed by atoms with E-state index < -0.39 is 0 Å². The molecule has 0 spiro atoms. The molecule has 1 aliphatic heterocycles. The fraction of sp³-hybridized carbons (Fsp3) is 0.241. The molecular weight excluding hydrogens is 420 g/mol. The van der Waals surface area contributed by atoms with Gasteiger partial charge in [-0.05, 0) is 23.6 Å². The first kappa shape index (κ1) is 23.3. The number of nitrogens with zero attached hydrogens (tertiary/aromatic N) is 3. The van der Waals surface area contributed by atoms with Gasteiger partial charge in [-0.15, -0.1) is 0 Å². The molecule has 1 N–H and O–H groups in total. The summed E-state index contributed by atoms with van der Waals surface area (Å²) < 4.78 is 0. The third-order valence-electron chi connectivity index (χ3n) is 6.33. The van der Waals surface area contributed by atoms with Crippen molar-refractivity contribution in [3.05, 3.63) is 119 Å². The van der Waals surface area contributed by atoms with Crippen molar-refractivity contribution in [1.29, 1.82) is 5.26 Å². The zero-order valence-electron chi connectivity index (χ0n) is 19.5. The second-order valence-electron chi connectivity index (χ2n) is 8.52. The molecule has 5 heteroatoms. The number of amides is 1. The van der Waals surface area contributed by atoms with Gasteiger partial charge in [-0.1, -0.05) is 91.0 Å². The predicted molar refractivity (Wildman–Crippen MR) is 135 cm³/mol. The Morgan fingerprint density at radius 1 is 0.824 bits per heavy atom. The number of hydrogen-bond donors (Lipinski definition) is 1. The Labute approximate surface area is 201 Å². The molecule has 172 valence electrons. The van der Waals surface area contributed by atoms with E-state index >= 15 is 0 Å². The molecule has 1 atom stereocenters. The monoisotopic (exact) mass is 450 g/mol. The van der Waals surface area contributed by atoms with Crippen LogP contribution in [0.2, 0.25) is 0 Å². The molecule has 0 aromatic heterocycles. The van der Waals surface area contributed by atoms with Crippen molar-refractivity contribution in [3.63, 3.8) is 0 Å². The standard InChI is InChI=1S/C29H30N4O/c1-23(24-11-5-2-6-12-24)31-22-27(21-30)29(34)33-19-17-32(18-20-33)28(25-13-7-3-8-14-25)26-15-9-4-10-16-26/h2-16,22-23,28,31H,17-20H2,1H3/b27-22-. The molecule has 1 aliphatic rings. The van der Waals surface area contributed by atoms with Crippen molar-refractivity contribution in [1.82, 2.24) is 15.1 Å². The van der Waals surface area contributed by atoms with Crippen LogP contribution in [-0.4, -0.2) is 41.9 Å². The second kappa shape index (κ2) is 11.3. The Morgan fingerprint density at radius 3 is 1.76 bits per heavy atom. The summed E-state index contributed by atoms with van der Waals surface area (Å²) >= 11 is 0. The molecule has 3 aromatic carbocycles. The van der Waals surface area contributed by atoms with Crippen molar-refractivity contribution < 1.29 is 4.79 Å². The molecule has 0 aliphatic carbocycles. The van der Waals surface area contributed by atoms with Gasteiger partial charge in [-0.2, -0.15) is 5.26 Å². The van der Waals surface area contributed by atoms with Crippen LogP contribution in [0.5, 0.6) is 0 Å². The zero-order chi connectivity index (χ0) is 23.8. The molecule has 0 bridgehead atoms. The third kappa shape index (κ3) is 5.54. The van der Waals surface area contributed by atoms with Gasteiger partial charge in [0.05, 0.1) is 6.04 Å². The van der Waals surface area contributed by atoms with Crippen molar-refractivity contribution in [3.8, 4) is 6.07 Å². The smallest absolute Gasteiger partial charge is 0.266 e. The molecule has 1 heterocycles. The minimum Gasteiger partial charge on any atom is -0.383 e. The lowest BCUT2D eigenvalue weighted by Gasteiger charge is -2.39. The molecule has 4 rings (SSSR count). The van der Waals surface area contributed by atoms with E-state index in [-0.39, 0.29) is 23.6 Å². The summed E-state index contributed by atoms with van der Waals surface area (Å²) in [6.45, 7) is 4.67. The highest BCUT2D eigenvalue weighted by molar-refractivity contribution is 5.97. The number of rotatable bonds is 7. The van der Waals surface area contributed by atoms with Gasteiger partial charge >= 0.3 is 0 Å². The highest BCUT2D eigenvalue weighted by Gasteiger charge is 2.29. The predicted octanol–water partition coefficient (Wildman–Crippen LogP) is 4.68. The maximum absolute atomic E-state index is 13.1. The van der Waals surface area contributed by atoms with Gasteiger partial charge < -0.3 is 10.2 Å². The quantitative estimate of drug-likeness (QED) is 0.420. The van der Waals surface area contributed by atoms with Crippen LogP contribution >= 0.6 is 0 Å². The first-order valence-electron chi connectivity index (χ1n) is 11.7. The molecule has 0 radical (unpaired) electrons. The first-order chi connectivity index (χ1) is 16.7. The van der Waals surface area contributed by atoms with Crippen LogP contribution in [0.1, 0.15) is 35.7 Å². The maximum Gasteiger partial charge on any atom is 0.266 e. The number of piperazine rings is 1. The Morgan fingerprint density at radius 2 is 1.29 bits per heavy atom. The summed E-state index contributed by atoms with van der Waals surface area (Å²) in [6, 6.07) is 33.2. The highest BCUT2D eigenvalue weighted by atomic mass is 16.2. The van der Waals surface area contributed by atoms with Gasteiger partial charge in [0.2, 0.25) is 0 Å². The Balaban J connectivity index is 1.42. The lowest BCUT2D eigenvalue weighted by molar-refractivity contribution is -0.128. The summed E-state index contributed by atoms with van der Waals surface area (Å²) in [7, 11) is 0. The number of hydrogen-bond acceptors (Lipinski definition) is 4. The summed E-state index contributed by atoms with van der Waals surface area (Å²) in [5.41, 5.74) is 3.72. The highest BCUT2D eigenvalue weighted by Crippen LogP contribution is 2.29. The number of benzene rings is 3. The zero-order valence-corrected chi connectivity index (χ0v) is 19.5. The molecule has 0 saturated carbocycles. The molecule has 34 heavy (non-hydrogen) atoms. The summed E-state index contributed by atoms with van der Waals surface area (Å²) in [6.07, 6.45) is 1.56. The van der Waals surface area contributed by atoms with Gasteiger partial charge in [0, 0.05) is 38.4 Å². The van der Waals surface area contributed by atoms with E-state index in [0.717, 1.165) is 18.7 Å². The first-order valence-corrected chi connectivity index (χ1v) is 11.7. The minimum atomic E-state index is -0.217. The normalized spacial score (nSPS) is 15.6. The Kier molecular flexibility index (Phi) is 7.75. The number of nitrogens with one attached hydrogen (secondary N) is 1. The van der Waals surface area contributed by atoms with Crippen LogP contribution in [0.15, 0.2) is 103 Å². The molecule has 3 aromatic rings. The van der Waals surface area contributed by atoms with Crippen LogP contribution in [0.4, 0.5) is 0 Å². The molecular formula is C29H30N4O. The van der Waals surface area contributed by atoms with Crippen molar-refractivity contribution in [2.75, 3.05) is 26.2 Å². The third-order valence-corrected chi connectivity index (χ3v) is 6.33. The van der Waals surface area contributed by atoms with Crippen LogP contribution in [0.3, 0.4) is 0 Å². The van der Waals surface area contributed by atoms with Gasteiger partial charge in [0.25, 0.3) is 5.91 Å². The second-order valence-corrected chi connectivity index (χ2v) is 8.52. The largest absolute Gasteiger partial charge is 0.383 e. The Hall–Kier alpha value is -3.88. The number of carbonyl (C=O) groups is 1. The van der Waals surface area contributed by atoms with Crippen molar-refractivity contribution in [2.45, 2.75) is 19.0 Å². The fourth-order valence-corrected chi connectivity index (χ4v) is 4.43. The van der Waals surface area contributed by atoms with Crippen LogP contribution in [0.25, 0.3) is 0 Å². The molecule has 1 saturated heterocycles. The molecule has 5 nitrogen and oxygen atoms in total. The summed E-state index contributed by atoms with van der Waals surface area (Å²) in [5.74, 6) is -0.217. The lowest BCUT2D eigenvalue weighted by Crippen LogP contribution is -2.50. The number of nitriles is 1. The van der Waals surface area contributed by atoms with Crippen molar-refractivity contribution >= 4 is 5.91 Å². The van der Waals surface area contributed by atoms with Gasteiger partial charge in [0.15, 0.2) is 0 Å². The van der Waals surface area contributed by atoms with E-state index in [1.165, 1.54) is 11.1 Å². The SMILES string of the molecule is CC(N/C=C(/C#N)C(=O)N1CCN(C(c2ccccc2)c2ccccc2)CC1)c1ccccc1. The maximum atomic E-state index is 13.1. The average Bonchev–Trinajstić information content (AvgIpc) is 2.91. The van der Waals surface area contributed by atoms with Gasteiger partial charge in [0.1, 0.15) is 11.6 Å². The minimum absolute atomic E-state index is 0.00620. The van der Waals surface area contributed by atoms with Gasteiger partial charge in [-0.3, -0.25) is 9.69 Å². The van der Waals surface area contributed by atoms with Crippen LogP contribution < -0.4 is 5.32 Å².